The van der Waals surface area contributed by atoms with Crippen LogP contribution in [0.3, 0.4) is 0 Å². The number of carbonyl (C=O) groups excluding carboxylic acids is 1. The molecule has 0 bridgehead atoms. The zero-order chi connectivity index (χ0) is 20.8. The molecule has 1 aliphatic heterocycles. The first-order valence-corrected chi connectivity index (χ1v) is 10.4. The monoisotopic (exact) mass is 400 g/mol. The first kappa shape index (κ1) is 18.6. The summed E-state index contributed by atoms with van der Waals surface area (Å²) >= 11 is 0. The molecule has 1 N–H and O–H groups in total. The number of hydrogen-bond acceptors (Lipinski definition) is 4. The number of hydrogen-bond donors (Lipinski definition) is 1. The van der Waals surface area contributed by atoms with E-state index in [-0.39, 0.29) is 11.9 Å². The van der Waals surface area contributed by atoms with E-state index in [1.807, 2.05) is 43.0 Å². The molecule has 1 aliphatic rings. The van der Waals surface area contributed by atoms with Gasteiger partial charge in [-0.1, -0.05) is 36.3 Å². The van der Waals surface area contributed by atoms with Crippen molar-refractivity contribution in [3.8, 4) is 0 Å². The van der Waals surface area contributed by atoms with Crippen molar-refractivity contribution in [1.82, 2.24) is 20.0 Å². The number of aromatic amines is 1. The molecule has 4 aromatic rings. The number of H-pyrrole nitrogens is 1. The minimum absolute atomic E-state index is 0.0526. The Labute approximate surface area is 174 Å². The van der Waals surface area contributed by atoms with Gasteiger partial charge in [0.1, 0.15) is 17.4 Å². The van der Waals surface area contributed by atoms with Gasteiger partial charge >= 0.3 is 0 Å². The first-order valence-electron chi connectivity index (χ1n) is 10.4. The van der Waals surface area contributed by atoms with Crippen LogP contribution in [0.4, 0.5) is 0 Å². The molecule has 1 aromatic carbocycles. The van der Waals surface area contributed by atoms with Gasteiger partial charge in [-0.3, -0.25) is 9.78 Å². The van der Waals surface area contributed by atoms with Gasteiger partial charge in [0.2, 0.25) is 0 Å². The Balaban J connectivity index is 1.69. The lowest BCUT2D eigenvalue weighted by Crippen LogP contribution is -2.41. The molecule has 0 radical (unpaired) electrons. The van der Waals surface area contributed by atoms with E-state index in [2.05, 4.69) is 28.3 Å². The summed E-state index contributed by atoms with van der Waals surface area (Å²) in [4.78, 5) is 24.0. The van der Waals surface area contributed by atoms with Crippen LogP contribution < -0.4 is 0 Å². The summed E-state index contributed by atoms with van der Waals surface area (Å²) in [6.07, 6.45) is 1.44. The Morgan fingerprint density at radius 3 is 2.83 bits per heavy atom. The lowest BCUT2D eigenvalue weighted by molar-refractivity contribution is 0.0685. The van der Waals surface area contributed by atoms with E-state index in [1.165, 1.54) is 10.9 Å². The number of amides is 1. The van der Waals surface area contributed by atoms with Gasteiger partial charge in [-0.2, -0.15) is 0 Å². The average Bonchev–Trinajstić information content (AvgIpc) is 3.32. The third-order valence-corrected chi connectivity index (χ3v) is 5.97. The number of benzene rings is 1. The van der Waals surface area contributed by atoms with Crippen molar-refractivity contribution >= 4 is 16.8 Å². The van der Waals surface area contributed by atoms with E-state index in [1.54, 1.807) is 6.92 Å². The number of pyridine rings is 1. The third-order valence-electron chi connectivity index (χ3n) is 5.97. The average molecular weight is 400 g/mol. The minimum Gasteiger partial charge on any atom is -0.361 e. The molecule has 1 amide bonds. The predicted octanol–water partition coefficient (Wildman–Crippen LogP) is 4.52. The number of aryl methyl sites for hydroxylation is 3. The van der Waals surface area contributed by atoms with Crippen molar-refractivity contribution in [3.63, 3.8) is 0 Å². The fourth-order valence-corrected chi connectivity index (χ4v) is 4.56. The van der Waals surface area contributed by atoms with Crippen LogP contribution in [-0.4, -0.2) is 32.5 Å². The maximum Gasteiger partial charge on any atom is 0.260 e. The summed E-state index contributed by atoms with van der Waals surface area (Å²) in [5.41, 5.74) is 6.47. The molecule has 3 aromatic heterocycles. The van der Waals surface area contributed by atoms with Crippen LogP contribution in [0.15, 0.2) is 47.0 Å². The Bertz CT molecular complexity index is 1250. The molecule has 30 heavy (non-hydrogen) atoms. The lowest BCUT2D eigenvalue weighted by Gasteiger charge is -2.35. The number of aromatic nitrogens is 3. The molecule has 0 aliphatic carbocycles. The van der Waals surface area contributed by atoms with Gasteiger partial charge in [0.15, 0.2) is 0 Å². The summed E-state index contributed by atoms with van der Waals surface area (Å²) < 4.78 is 5.36. The smallest absolute Gasteiger partial charge is 0.260 e. The third kappa shape index (κ3) is 2.83. The second-order valence-electron chi connectivity index (χ2n) is 7.83. The molecule has 6 heteroatoms. The van der Waals surface area contributed by atoms with E-state index in [0.717, 1.165) is 29.0 Å². The SMILES string of the molecule is CCc1noc(C)c1C(=O)N1CCc2c([nH]c3ccccc23)[C@@H]1c1cccc(C)n1. The highest BCUT2D eigenvalue weighted by Gasteiger charge is 2.37. The standard InChI is InChI=1S/C24H24N4O2/c1-4-18-21(15(3)30-27-18)24(29)28-13-12-17-16-9-5-6-10-19(16)26-22(17)23(28)20-11-7-8-14(2)25-20/h5-11,23,26H,4,12-13H2,1-3H3/t23-/m0/s1. The van der Waals surface area contributed by atoms with Crippen molar-refractivity contribution in [2.75, 3.05) is 6.54 Å². The zero-order valence-corrected chi connectivity index (χ0v) is 17.4. The number of carbonyl (C=O) groups is 1. The molecule has 0 fully saturated rings. The van der Waals surface area contributed by atoms with Crippen LogP contribution in [0.25, 0.3) is 10.9 Å². The second-order valence-corrected chi connectivity index (χ2v) is 7.83. The van der Waals surface area contributed by atoms with Crippen molar-refractivity contribution in [2.45, 2.75) is 39.7 Å². The van der Waals surface area contributed by atoms with Crippen LogP contribution in [0.2, 0.25) is 0 Å². The number of rotatable bonds is 3. The van der Waals surface area contributed by atoms with Crippen molar-refractivity contribution in [2.24, 2.45) is 0 Å². The number of fused-ring (bicyclic) bond motifs is 3. The zero-order valence-electron chi connectivity index (χ0n) is 17.4. The maximum absolute atomic E-state index is 13.7. The fraction of sp³-hybridized carbons (Fsp3) is 0.292. The van der Waals surface area contributed by atoms with Crippen molar-refractivity contribution in [3.05, 3.63) is 82.1 Å². The Morgan fingerprint density at radius 2 is 2.03 bits per heavy atom. The minimum atomic E-state index is -0.285. The van der Waals surface area contributed by atoms with E-state index in [0.29, 0.717) is 30.0 Å². The van der Waals surface area contributed by atoms with Crippen LogP contribution in [0.5, 0.6) is 0 Å². The van der Waals surface area contributed by atoms with Crippen molar-refractivity contribution in [1.29, 1.82) is 0 Å². The molecule has 0 saturated heterocycles. The van der Waals surface area contributed by atoms with Gasteiger partial charge in [-0.05, 0) is 50.5 Å². The lowest BCUT2D eigenvalue weighted by atomic mass is 9.93. The molecular weight excluding hydrogens is 376 g/mol. The molecule has 1 atom stereocenters. The van der Waals surface area contributed by atoms with Crippen LogP contribution in [-0.2, 0) is 12.8 Å². The largest absolute Gasteiger partial charge is 0.361 e. The van der Waals surface area contributed by atoms with Gasteiger partial charge < -0.3 is 14.4 Å². The molecule has 6 nitrogen and oxygen atoms in total. The highest BCUT2D eigenvalue weighted by atomic mass is 16.5. The van der Waals surface area contributed by atoms with Gasteiger partial charge in [0.25, 0.3) is 5.91 Å². The molecule has 0 saturated carbocycles. The number of nitrogens with one attached hydrogen (secondary N) is 1. The van der Waals surface area contributed by atoms with Gasteiger partial charge in [0, 0.05) is 28.8 Å². The summed E-state index contributed by atoms with van der Waals surface area (Å²) in [7, 11) is 0. The highest BCUT2D eigenvalue weighted by molar-refractivity contribution is 5.97. The van der Waals surface area contributed by atoms with Crippen LogP contribution in [0.1, 0.15) is 57.4 Å². The van der Waals surface area contributed by atoms with E-state index in [4.69, 9.17) is 9.51 Å². The van der Waals surface area contributed by atoms with Crippen LogP contribution in [0, 0.1) is 13.8 Å². The van der Waals surface area contributed by atoms with E-state index >= 15 is 0 Å². The Morgan fingerprint density at radius 1 is 1.20 bits per heavy atom. The van der Waals surface area contributed by atoms with E-state index in [9.17, 15) is 4.79 Å². The predicted molar refractivity (Wildman–Crippen MR) is 114 cm³/mol. The summed E-state index contributed by atoms with van der Waals surface area (Å²) in [5, 5.41) is 5.31. The van der Waals surface area contributed by atoms with Gasteiger partial charge in [0.05, 0.1) is 11.4 Å². The van der Waals surface area contributed by atoms with Crippen LogP contribution >= 0.6 is 0 Å². The summed E-state index contributed by atoms with van der Waals surface area (Å²) in [6.45, 7) is 6.38. The molecule has 5 rings (SSSR count). The molecule has 0 spiro atoms. The Kier molecular flexibility index (Phi) is 4.42. The number of para-hydroxylation sites is 1. The van der Waals surface area contributed by atoms with Gasteiger partial charge in [-0.15, -0.1) is 0 Å². The topological polar surface area (TPSA) is 75.0 Å². The fourth-order valence-electron chi connectivity index (χ4n) is 4.56. The maximum atomic E-state index is 13.7. The molecule has 152 valence electrons. The summed E-state index contributed by atoms with van der Waals surface area (Å²) in [6, 6.07) is 14.0. The Hall–Kier alpha value is -3.41. The normalized spacial score (nSPS) is 16.1. The van der Waals surface area contributed by atoms with E-state index < -0.39 is 0 Å². The highest BCUT2D eigenvalue weighted by Crippen LogP contribution is 2.39. The van der Waals surface area contributed by atoms with Gasteiger partial charge in [-0.25, -0.2) is 0 Å². The molecule has 0 unspecified atom stereocenters. The second kappa shape index (κ2) is 7.13. The summed E-state index contributed by atoms with van der Waals surface area (Å²) in [5.74, 6) is 0.512. The quantitative estimate of drug-likeness (QED) is 0.549. The molecular formula is C24H24N4O2. The first-order chi connectivity index (χ1) is 14.6. The molecule has 4 heterocycles. The number of nitrogens with zero attached hydrogens (tertiary/aromatic N) is 3. The van der Waals surface area contributed by atoms with Crippen molar-refractivity contribution < 1.29 is 9.32 Å².